The zero-order valence-corrected chi connectivity index (χ0v) is 40.4. The lowest BCUT2D eigenvalue weighted by molar-refractivity contribution is -0.336. The van der Waals surface area contributed by atoms with Gasteiger partial charge in [-0.2, -0.15) is 0 Å². The Morgan fingerprint density at radius 2 is 1.35 bits per heavy atom. The van der Waals surface area contributed by atoms with E-state index >= 15 is 0 Å². The highest BCUT2D eigenvalue weighted by Gasteiger charge is 2.79. The van der Waals surface area contributed by atoms with Gasteiger partial charge in [-0.15, -0.1) is 0 Å². The molecule has 12 aliphatic rings. The second-order valence-corrected chi connectivity index (χ2v) is 26.1. The molecule has 4 saturated carbocycles. The van der Waals surface area contributed by atoms with Crippen LogP contribution in [0.1, 0.15) is 136 Å². The van der Waals surface area contributed by atoms with Crippen LogP contribution in [0.25, 0.3) is 0 Å². The van der Waals surface area contributed by atoms with Crippen LogP contribution in [0.3, 0.4) is 0 Å². The number of ketones is 1. The van der Waals surface area contributed by atoms with Crippen molar-refractivity contribution in [3.8, 4) is 0 Å². The predicted molar refractivity (Wildman–Crippen MR) is 240 cm³/mol. The van der Waals surface area contributed by atoms with E-state index in [0.29, 0.717) is 49.4 Å². The van der Waals surface area contributed by atoms with Crippen molar-refractivity contribution in [1.82, 2.24) is 9.97 Å². The Labute approximate surface area is 389 Å². The predicted octanol–water partition coefficient (Wildman–Crippen LogP) is 5.50. The number of hydrogen-bond donors (Lipinski definition) is 5. The number of carbonyl (C=O) groups excluding carboxylic acids is 1. The molecule has 4 aliphatic heterocycles. The maximum Gasteiger partial charge on any atom is 0.201 e. The first-order valence-electron chi connectivity index (χ1n) is 26.0. The Morgan fingerprint density at radius 3 is 1.95 bits per heavy atom. The van der Waals surface area contributed by atoms with Crippen LogP contribution in [0.15, 0.2) is 23.3 Å². The number of ether oxygens (including phenoxy) is 4. The molecule has 8 fully saturated rings. The standard InChI is InChI=1S/C54H74N2O10/c1-26-32-13-14-33-30-11-9-28-15-37-40(21-49(28,7)35(30)18-42(59)51(32,33)25-63-53(26)43(60)22-46(3,4)65-53)56-38-16-29-10-12-31-34(48(29,6)20-39(38)55-37)17-41(58)50(8)36(31)19-45-52(50,62)27(2)54(64-45)44(61)23-47(5,24-57)66-54/h14,19,26-32,34-35,41,43-45,57-58,60-62H,9-13,15-18,20-25H2,1-8H3/t26-,27-,28-,29-,30-,31+,32+,34-,35-,41+,43+,44+,45-,47-,48-,49-,50+,51+,52+,53-,54-/m0/s1. The van der Waals surface area contributed by atoms with E-state index in [0.717, 1.165) is 86.1 Å². The molecule has 66 heavy (non-hydrogen) atoms. The molecule has 3 spiro atoms. The fraction of sp³-hybridized carbons (Fsp3) is 0.833. The van der Waals surface area contributed by atoms with Crippen molar-refractivity contribution < 1.29 is 49.3 Å². The van der Waals surface area contributed by atoms with Crippen molar-refractivity contribution in [3.63, 3.8) is 0 Å². The fourth-order valence-corrected chi connectivity index (χ4v) is 19.3. The molecule has 13 rings (SSSR count). The van der Waals surface area contributed by atoms with E-state index < -0.39 is 69.5 Å². The quantitative estimate of drug-likeness (QED) is 0.224. The summed E-state index contributed by atoms with van der Waals surface area (Å²) in [5.41, 5.74) is 2.15. The maximum atomic E-state index is 14.9. The molecule has 8 aliphatic carbocycles. The van der Waals surface area contributed by atoms with Crippen molar-refractivity contribution in [1.29, 1.82) is 0 Å². The zero-order chi connectivity index (χ0) is 46.3. The first kappa shape index (κ1) is 43.9. The lowest BCUT2D eigenvalue weighted by atomic mass is 9.44. The number of allylic oxidation sites excluding steroid dienone is 1. The summed E-state index contributed by atoms with van der Waals surface area (Å²) < 4.78 is 26.3. The summed E-state index contributed by atoms with van der Waals surface area (Å²) in [6, 6.07) is 0. The van der Waals surface area contributed by atoms with Gasteiger partial charge in [0.15, 0.2) is 5.79 Å². The number of aromatic nitrogens is 2. The van der Waals surface area contributed by atoms with E-state index in [-0.39, 0.29) is 53.4 Å². The van der Waals surface area contributed by atoms with Gasteiger partial charge < -0.3 is 44.5 Å². The van der Waals surface area contributed by atoms with Crippen LogP contribution in [-0.2, 0) is 49.4 Å². The minimum absolute atomic E-state index is 0.0632. The average molecular weight is 911 g/mol. The van der Waals surface area contributed by atoms with Crippen molar-refractivity contribution >= 4 is 5.78 Å². The topological polar surface area (TPSA) is 181 Å². The summed E-state index contributed by atoms with van der Waals surface area (Å²) in [4.78, 5) is 26.1. The monoisotopic (exact) mass is 911 g/mol. The van der Waals surface area contributed by atoms with Gasteiger partial charge in [0.2, 0.25) is 5.79 Å². The number of Topliss-reactive ketones (excluding diaryl/α,β-unsaturated/α-hetero) is 1. The second-order valence-electron chi connectivity index (χ2n) is 26.1. The maximum absolute atomic E-state index is 14.9. The molecule has 0 bridgehead atoms. The molecule has 12 nitrogen and oxygen atoms in total. The Hall–Kier alpha value is -2.13. The van der Waals surface area contributed by atoms with Crippen molar-refractivity contribution in [2.75, 3.05) is 13.2 Å². The zero-order valence-electron chi connectivity index (χ0n) is 40.4. The Morgan fingerprint density at radius 1 is 0.727 bits per heavy atom. The van der Waals surface area contributed by atoms with E-state index in [4.69, 9.17) is 28.9 Å². The van der Waals surface area contributed by atoms with Gasteiger partial charge in [-0.1, -0.05) is 57.9 Å². The SMILES string of the molecule is C[C@@H]1[C@]2(O[C@H]3C=C4[C@@H]5CC[C@H]6Cc7nc8c(nc7C[C@]6(C)[C@H]5C[C@@H](O)[C@]4(C)[C@]31O)C[C@@H]1CC[C@H]3C4=CC[C@@H]5[C@H](C)[C@]6(OC[C@]45C(=O)C[C@@H]3[C@@]1(C)C8)OC(C)(C)C[C@H]6O)O[C@](C)(CO)C[C@H]2O. The third-order valence-electron chi connectivity index (χ3n) is 22.9. The molecule has 0 aromatic carbocycles. The van der Waals surface area contributed by atoms with Crippen molar-refractivity contribution in [3.05, 3.63) is 46.1 Å². The summed E-state index contributed by atoms with van der Waals surface area (Å²) in [5, 5.41) is 58.3. The third-order valence-corrected chi connectivity index (χ3v) is 22.9. The average Bonchev–Trinajstić information content (AvgIpc) is 3.98. The summed E-state index contributed by atoms with van der Waals surface area (Å²) in [7, 11) is 0. The highest BCUT2D eigenvalue weighted by Crippen LogP contribution is 2.72. The van der Waals surface area contributed by atoms with Gasteiger partial charge in [0, 0.05) is 36.5 Å². The van der Waals surface area contributed by atoms with Crippen LogP contribution >= 0.6 is 0 Å². The molecule has 12 heteroatoms. The van der Waals surface area contributed by atoms with Gasteiger partial charge in [-0.3, -0.25) is 14.8 Å². The highest BCUT2D eigenvalue weighted by atomic mass is 16.7. The first-order chi connectivity index (χ1) is 31.0. The van der Waals surface area contributed by atoms with E-state index in [1.165, 1.54) is 5.57 Å². The number of hydrogen-bond acceptors (Lipinski definition) is 12. The Bertz CT molecular complexity index is 2390. The second kappa shape index (κ2) is 13.2. The van der Waals surface area contributed by atoms with Crippen molar-refractivity contribution in [2.24, 2.45) is 74.9 Å². The smallest absolute Gasteiger partial charge is 0.201 e. The van der Waals surface area contributed by atoms with Crippen LogP contribution < -0.4 is 0 Å². The van der Waals surface area contributed by atoms with E-state index in [1.807, 2.05) is 27.7 Å². The molecule has 21 atom stereocenters. The molecule has 360 valence electrons. The van der Waals surface area contributed by atoms with Gasteiger partial charge in [0.25, 0.3) is 0 Å². The molecule has 0 unspecified atom stereocenters. The highest BCUT2D eigenvalue weighted by molar-refractivity contribution is 5.91. The van der Waals surface area contributed by atoms with Crippen LogP contribution in [0.2, 0.25) is 0 Å². The van der Waals surface area contributed by atoms with Gasteiger partial charge in [0.1, 0.15) is 29.7 Å². The lowest BCUT2D eigenvalue weighted by Gasteiger charge is -2.61. The number of fused-ring (bicyclic) bond motifs is 13. The number of carbonyl (C=O) groups is 1. The molecule has 5 heterocycles. The molecule has 0 amide bonds. The molecule has 4 saturated heterocycles. The Kier molecular flexibility index (Phi) is 8.79. The van der Waals surface area contributed by atoms with Gasteiger partial charge in [-0.05, 0) is 137 Å². The van der Waals surface area contributed by atoms with Gasteiger partial charge >= 0.3 is 0 Å². The van der Waals surface area contributed by atoms with Crippen LogP contribution in [0.4, 0.5) is 0 Å². The van der Waals surface area contributed by atoms with E-state index in [9.17, 15) is 30.3 Å². The lowest BCUT2D eigenvalue weighted by Crippen LogP contribution is -2.65. The number of rotatable bonds is 1. The summed E-state index contributed by atoms with van der Waals surface area (Å²) in [5.74, 6) is -1.19. The van der Waals surface area contributed by atoms with Crippen molar-refractivity contribution in [2.45, 2.75) is 192 Å². The van der Waals surface area contributed by atoms with Crippen LogP contribution in [0.5, 0.6) is 0 Å². The summed E-state index contributed by atoms with van der Waals surface area (Å²) in [6.07, 6.45) is 11.4. The summed E-state index contributed by atoms with van der Waals surface area (Å²) >= 11 is 0. The molecule has 1 aromatic heterocycles. The van der Waals surface area contributed by atoms with Gasteiger partial charge in [0.05, 0.1) is 58.7 Å². The summed E-state index contributed by atoms with van der Waals surface area (Å²) in [6.45, 7) is 16.8. The Balaban J connectivity index is 0.762. The normalized spacial score (nSPS) is 56.8. The molecular formula is C54H74N2O10. The number of aliphatic hydroxyl groups excluding tert-OH is 4. The molecule has 0 radical (unpaired) electrons. The van der Waals surface area contributed by atoms with Crippen LogP contribution in [0, 0.1) is 74.9 Å². The number of aliphatic hydroxyl groups is 5. The fourth-order valence-electron chi connectivity index (χ4n) is 19.3. The largest absolute Gasteiger partial charge is 0.393 e. The van der Waals surface area contributed by atoms with Gasteiger partial charge in [-0.25, -0.2) is 0 Å². The third kappa shape index (κ3) is 4.97. The first-order valence-corrected chi connectivity index (χ1v) is 26.0. The molecular weight excluding hydrogens is 837 g/mol. The number of nitrogens with zero attached hydrogens (tertiary/aromatic N) is 2. The molecule has 1 aromatic rings. The van der Waals surface area contributed by atoms with E-state index in [1.54, 1.807) is 6.92 Å². The minimum Gasteiger partial charge on any atom is -0.393 e. The molecule has 5 N–H and O–H groups in total. The van der Waals surface area contributed by atoms with Crippen LogP contribution in [-0.4, -0.2) is 107 Å². The minimum atomic E-state index is -1.49. The van der Waals surface area contributed by atoms with E-state index in [2.05, 4.69) is 32.9 Å².